The molecule has 0 unspecified atom stereocenters. The Morgan fingerprint density at radius 2 is 1.60 bits per heavy atom. The molecule has 2 aliphatic carbocycles. The zero-order valence-corrected chi connectivity index (χ0v) is 10.7. The average molecular weight is 209 g/mol. The Labute approximate surface area is 95.0 Å². The molecule has 88 valence electrons. The fraction of sp³-hybridized carbons (Fsp3) is 1.00. The molecule has 0 amide bonds. The van der Waals surface area contributed by atoms with E-state index in [1.807, 2.05) is 0 Å². The van der Waals surface area contributed by atoms with Gasteiger partial charge in [-0.05, 0) is 63.8 Å². The van der Waals surface area contributed by atoms with E-state index < -0.39 is 0 Å². The Morgan fingerprint density at radius 3 is 2.13 bits per heavy atom. The molecule has 1 heteroatoms. The van der Waals surface area contributed by atoms with Crippen LogP contribution in [-0.4, -0.2) is 12.1 Å². The van der Waals surface area contributed by atoms with Gasteiger partial charge >= 0.3 is 0 Å². The minimum Gasteiger partial charge on any atom is -0.311 e. The summed E-state index contributed by atoms with van der Waals surface area (Å²) in [5, 5.41) is 3.81. The first-order valence-electron chi connectivity index (χ1n) is 6.83. The first kappa shape index (κ1) is 11.4. The van der Waals surface area contributed by atoms with Gasteiger partial charge in [0.25, 0.3) is 0 Å². The molecule has 0 spiro atoms. The van der Waals surface area contributed by atoms with Gasteiger partial charge in [-0.15, -0.1) is 0 Å². The van der Waals surface area contributed by atoms with Gasteiger partial charge in [-0.1, -0.05) is 19.8 Å². The third-order valence-electron chi connectivity index (χ3n) is 4.58. The van der Waals surface area contributed by atoms with Gasteiger partial charge in [0.2, 0.25) is 0 Å². The van der Waals surface area contributed by atoms with Crippen molar-refractivity contribution in [3.63, 3.8) is 0 Å². The largest absolute Gasteiger partial charge is 0.311 e. The second kappa shape index (κ2) is 4.45. The van der Waals surface area contributed by atoms with E-state index >= 15 is 0 Å². The van der Waals surface area contributed by atoms with Gasteiger partial charge in [0, 0.05) is 5.54 Å². The van der Waals surface area contributed by atoms with Crippen molar-refractivity contribution in [2.24, 2.45) is 17.8 Å². The van der Waals surface area contributed by atoms with Crippen LogP contribution in [0.4, 0.5) is 0 Å². The fourth-order valence-corrected chi connectivity index (χ4v) is 2.89. The molecule has 0 aromatic heterocycles. The van der Waals surface area contributed by atoms with E-state index in [0.717, 1.165) is 17.8 Å². The summed E-state index contributed by atoms with van der Waals surface area (Å²) in [6.07, 6.45) is 8.71. The third-order valence-corrected chi connectivity index (χ3v) is 4.58. The zero-order valence-electron chi connectivity index (χ0n) is 10.7. The van der Waals surface area contributed by atoms with Crippen LogP contribution in [0.15, 0.2) is 0 Å². The molecule has 1 nitrogen and oxygen atoms in total. The second-order valence-electron chi connectivity index (χ2n) is 6.50. The molecule has 2 fully saturated rings. The smallest absolute Gasteiger partial charge is 0.0153 e. The van der Waals surface area contributed by atoms with E-state index in [9.17, 15) is 0 Å². The van der Waals surface area contributed by atoms with Crippen LogP contribution in [0.25, 0.3) is 0 Å². The van der Waals surface area contributed by atoms with Crippen LogP contribution >= 0.6 is 0 Å². The second-order valence-corrected chi connectivity index (χ2v) is 6.50. The summed E-state index contributed by atoms with van der Waals surface area (Å²) in [6, 6.07) is 0. The van der Waals surface area contributed by atoms with Gasteiger partial charge in [0.05, 0.1) is 0 Å². The lowest BCUT2D eigenvalue weighted by Gasteiger charge is -2.32. The maximum Gasteiger partial charge on any atom is 0.0153 e. The van der Waals surface area contributed by atoms with Crippen molar-refractivity contribution in [2.45, 2.75) is 64.8 Å². The lowest BCUT2D eigenvalue weighted by Crippen LogP contribution is -2.44. The van der Waals surface area contributed by atoms with E-state index in [1.54, 1.807) is 0 Å². The molecule has 2 rings (SSSR count). The Balaban J connectivity index is 1.69. The number of hydrogen-bond acceptors (Lipinski definition) is 1. The number of nitrogens with one attached hydrogen (secondary N) is 1. The number of rotatable bonds is 4. The summed E-state index contributed by atoms with van der Waals surface area (Å²) in [7, 11) is 0. The minimum absolute atomic E-state index is 0.406. The maximum absolute atomic E-state index is 3.81. The molecule has 0 aromatic carbocycles. The van der Waals surface area contributed by atoms with Crippen LogP contribution in [0.3, 0.4) is 0 Å². The normalized spacial score (nSPS) is 33.0. The maximum atomic E-state index is 3.81. The average Bonchev–Trinajstić information content (AvgIpc) is 3.00. The molecule has 0 aromatic rings. The molecule has 0 saturated heterocycles. The van der Waals surface area contributed by atoms with Crippen molar-refractivity contribution in [3.8, 4) is 0 Å². The summed E-state index contributed by atoms with van der Waals surface area (Å²) in [5.41, 5.74) is 0.406. The highest BCUT2D eigenvalue weighted by Crippen LogP contribution is 2.39. The monoisotopic (exact) mass is 209 g/mol. The molecule has 2 saturated carbocycles. The number of hydrogen-bond donors (Lipinski definition) is 1. The van der Waals surface area contributed by atoms with Gasteiger partial charge in [0.1, 0.15) is 0 Å². The van der Waals surface area contributed by atoms with Crippen molar-refractivity contribution >= 4 is 0 Å². The lowest BCUT2D eigenvalue weighted by atomic mass is 9.82. The van der Waals surface area contributed by atoms with E-state index in [2.05, 4.69) is 26.1 Å². The molecule has 1 N–H and O–H groups in total. The fourth-order valence-electron chi connectivity index (χ4n) is 2.89. The highest BCUT2D eigenvalue weighted by molar-refractivity contribution is 4.94. The van der Waals surface area contributed by atoms with Crippen LogP contribution in [0.2, 0.25) is 0 Å². The molecule has 2 aliphatic rings. The molecule has 0 radical (unpaired) electrons. The SMILES string of the molecule is CC1CCC(CNC(C)(C)C2CC2)CC1. The van der Waals surface area contributed by atoms with Gasteiger partial charge in [0.15, 0.2) is 0 Å². The Bertz CT molecular complexity index is 197. The standard InChI is InChI=1S/C14H27N/c1-11-4-6-12(7-5-11)10-15-14(2,3)13-8-9-13/h11-13,15H,4-10H2,1-3H3. The quantitative estimate of drug-likeness (QED) is 0.746. The van der Waals surface area contributed by atoms with Crippen molar-refractivity contribution < 1.29 is 0 Å². The summed E-state index contributed by atoms with van der Waals surface area (Å²) in [4.78, 5) is 0. The first-order valence-corrected chi connectivity index (χ1v) is 6.83. The van der Waals surface area contributed by atoms with E-state index in [-0.39, 0.29) is 0 Å². The summed E-state index contributed by atoms with van der Waals surface area (Å²) < 4.78 is 0. The van der Waals surface area contributed by atoms with Gasteiger partial charge in [-0.3, -0.25) is 0 Å². The molecule has 15 heavy (non-hydrogen) atoms. The van der Waals surface area contributed by atoms with Crippen LogP contribution < -0.4 is 5.32 Å². The molecule has 0 atom stereocenters. The van der Waals surface area contributed by atoms with Crippen molar-refractivity contribution in [2.75, 3.05) is 6.54 Å². The Hall–Kier alpha value is -0.0400. The summed E-state index contributed by atoms with van der Waals surface area (Å²) in [6.45, 7) is 8.43. The van der Waals surface area contributed by atoms with Crippen LogP contribution in [-0.2, 0) is 0 Å². The predicted molar refractivity (Wildman–Crippen MR) is 65.9 cm³/mol. The zero-order chi connectivity index (χ0) is 10.9. The minimum atomic E-state index is 0.406. The van der Waals surface area contributed by atoms with E-state index in [4.69, 9.17) is 0 Å². The third kappa shape index (κ3) is 3.21. The van der Waals surface area contributed by atoms with Gasteiger partial charge < -0.3 is 5.32 Å². The molecule has 0 aliphatic heterocycles. The highest BCUT2D eigenvalue weighted by Gasteiger charge is 2.37. The highest BCUT2D eigenvalue weighted by atomic mass is 15.0. The predicted octanol–water partition coefficient (Wildman–Crippen LogP) is 3.59. The van der Waals surface area contributed by atoms with E-state index in [1.165, 1.54) is 45.1 Å². The van der Waals surface area contributed by atoms with E-state index in [0.29, 0.717) is 5.54 Å². The molecule has 0 bridgehead atoms. The van der Waals surface area contributed by atoms with Gasteiger partial charge in [-0.2, -0.15) is 0 Å². The van der Waals surface area contributed by atoms with Crippen LogP contribution in [0.5, 0.6) is 0 Å². The molecular weight excluding hydrogens is 182 g/mol. The van der Waals surface area contributed by atoms with Crippen molar-refractivity contribution in [3.05, 3.63) is 0 Å². The molecule has 0 heterocycles. The van der Waals surface area contributed by atoms with Gasteiger partial charge in [-0.25, -0.2) is 0 Å². The summed E-state index contributed by atoms with van der Waals surface area (Å²) in [5.74, 6) is 2.90. The van der Waals surface area contributed by atoms with Crippen molar-refractivity contribution in [1.29, 1.82) is 0 Å². The Kier molecular flexibility index (Phi) is 3.39. The summed E-state index contributed by atoms with van der Waals surface area (Å²) >= 11 is 0. The first-order chi connectivity index (χ1) is 7.08. The van der Waals surface area contributed by atoms with Crippen LogP contribution in [0, 0.1) is 17.8 Å². The molecular formula is C14H27N. The lowest BCUT2D eigenvalue weighted by molar-refractivity contribution is 0.245. The van der Waals surface area contributed by atoms with Crippen LogP contribution in [0.1, 0.15) is 59.3 Å². The Morgan fingerprint density at radius 1 is 1.00 bits per heavy atom. The topological polar surface area (TPSA) is 12.0 Å². The van der Waals surface area contributed by atoms with Crippen molar-refractivity contribution in [1.82, 2.24) is 5.32 Å².